The fourth-order valence-corrected chi connectivity index (χ4v) is 2.63. The Morgan fingerprint density at radius 1 is 1.24 bits per heavy atom. The largest absolute Gasteiger partial charge is 0.479 e. The van der Waals surface area contributed by atoms with Gasteiger partial charge in [0, 0.05) is 19.8 Å². The molecule has 0 aromatic heterocycles. The SMILES string of the molecule is COC(OC)C1(C)Oc2ccccc2C2OC21. The Morgan fingerprint density at radius 2 is 1.94 bits per heavy atom. The summed E-state index contributed by atoms with van der Waals surface area (Å²) in [5.74, 6) is 0.854. The average Bonchev–Trinajstić information content (AvgIpc) is 3.12. The molecule has 1 saturated heterocycles. The third-order valence-electron chi connectivity index (χ3n) is 3.51. The maximum atomic E-state index is 6.04. The first-order valence-electron chi connectivity index (χ1n) is 5.69. The number of methoxy groups -OCH3 is 2. The molecule has 92 valence electrons. The summed E-state index contributed by atoms with van der Waals surface area (Å²) in [5.41, 5.74) is 0.517. The van der Waals surface area contributed by atoms with Gasteiger partial charge in [-0.05, 0) is 13.0 Å². The Bertz CT molecular complexity index is 429. The van der Waals surface area contributed by atoms with Gasteiger partial charge < -0.3 is 18.9 Å². The standard InChI is InChI=1S/C13H16O4/c1-13(12(14-2)15-3)11-10(16-11)8-6-4-5-7-9(8)17-13/h4-7,10-12H,1-3H3. The maximum absolute atomic E-state index is 6.04. The number of para-hydroxylation sites is 1. The van der Waals surface area contributed by atoms with E-state index in [4.69, 9.17) is 18.9 Å². The van der Waals surface area contributed by atoms with E-state index in [1.165, 1.54) is 0 Å². The highest BCUT2D eigenvalue weighted by Gasteiger charge is 2.62. The first kappa shape index (κ1) is 11.0. The van der Waals surface area contributed by atoms with Gasteiger partial charge in [-0.1, -0.05) is 18.2 Å². The molecule has 4 nitrogen and oxygen atoms in total. The number of benzene rings is 1. The first-order chi connectivity index (χ1) is 8.20. The minimum atomic E-state index is -0.595. The highest BCUT2D eigenvalue weighted by molar-refractivity contribution is 5.42. The zero-order valence-electron chi connectivity index (χ0n) is 10.2. The van der Waals surface area contributed by atoms with Crippen molar-refractivity contribution in [3.63, 3.8) is 0 Å². The lowest BCUT2D eigenvalue weighted by Crippen LogP contribution is -2.53. The predicted molar refractivity (Wildman–Crippen MR) is 60.9 cm³/mol. The molecule has 1 aromatic rings. The molecule has 3 rings (SSSR count). The summed E-state index contributed by atoms with van der Waals surface area (Å²) >= 11 is 0. The molecular weight excluding hydrogens is 220 g/mol. The van der Waals surface area contributed by atoms with Gasteiger partial charge in [0.2, 0.25) is 0 Å². The van der Waals surface area contributed by atoms with Crippen LogP contribution in [0.5, 0.6) is 5.75 Å². The van der Waals surface area contributed by atoms with Gasteiger partial charge in [-0.3, -0.25) is 0 Å². The number of ether oxygens (including phenoxy) is 4. The highest BCUT2D eigenvalue weighted by Crippen LogP contribution is 2.54. The van der Waals surface area contributed by atoms with Crippen molar-refractivity contribution in [1.29, 1.82) is 0 Å². The van der Waals surface area contributed by atoms with Gasteiger partial charge in [-0.15, -0.1) is 0 Å². The van der Waals surface area contributed by atoms with Crippen LogP contribution in [-0.2, 0) is 14.2 Å². The zero-order valence-corrected chi connectivity index (χ0v) is 10.2. The molecule has 0 radical (unpaired) electrons. The van der Waals surface area contributed by atoms with Gasteiger partial charge in [-0.2, -0.15) is 0 Å². The normalized spacial score (nSPS) is 33.9. The van der Waals surface area contributed by atoms with Crippen molar-refractivity contribution in [2.75, 3.05) is 14.2 Å². The van der Waals surface area contributed by atoms with E-state index in [2.05, 4.69) is 0 Å². The minimum absolute atomic E-state index is 0.00213. The fraction of sp³-hybridized carbons (Fsp3) is 0.538. The van der Waals surface area contributed by atoms with E-state index >= 15 is 0 Å². The van der Waals surface area contributed by atoms with Gasteiger partial charge in [0.15, 0.2) is 11.9 Å². The maximum Gasteiger partial charge on any atom is 0.199 e. The lowest BCUT2D eigenvalue weighted by Gasteiger charge is -2.37. The molecule has 2 aliphatic rings. The van der Waals surface area contributed by atoms with Crippen LogP contribution in [0.1, 0.15) is 18.6 Å². The van der Waals surface area contributed by atoms with Crippen LogP contribution >= 0.6 is 0 Å². The van der Waals surface area contributed by atoms with Crippen molar-refractivity contribution in [2.45, 2.75) is 31.0 Å². The Hall–Kier alpha value is -1.10. The summed E-state index contributed by atoms with van der Waals surface area (Å²) in [6.45, 7) is 1.96. The van der Waals surface area contributed by atoms with Crippen LogP contribution in [0.4, 0.5) is 0 Å². The molecule has 17 heavy (non-hydrogen) atoms. The molecule has 0 saturated carbocycles. The Kier molecular flexibility index (Phi) is 2.40. The van der Waals surface area contributed by atoms with Crippen molar-refractivity contribution in [2.24, 2.45) is 0 Å². The number of hydrogen-bond acceptors (Lipinski definition) is 4. The van der Waals surface area contributed by atoms with E-state index in [0.29, 0.717) is 0 Å². The molecule has 3 atom stereocenters. The average molecular weight is 236 g/mol. The van der Waals surface area contributed by atoms with Gasteiger partial charge in [0.05, 0.1) is 0 Å². The molecule has 0 aliphatic carbocycles. The molecule has 1 aromatic carbocycles. The Morgan fingerprint density at radius 3 is 2.65 bits per heavy atom. The smallest absolute Gasteiger partial charge is 0.199 e. The molecule has 2 heterocycles. The Balaban J connectivity index is 1.97. The third-order valence-corrected chi connectivity index (χ3v) is 3.51. The molecule has 0 amide bonds. The van der Waals surface area contributed by atoms with E-state index in [9.17, 15) is 0 Å². The van der Waals surface area contributed by atoms with Crippen molar-refractivity contribution < 1.29 is 18.9 Å². The molecule has 0 spiro atoms. The third kappa shape index (κ3) is 1.48. The monoisotopic (exact) mass is 236 g/mol. The second kappa shape index (κ2) is 3.70. The van der Waals surface area contributed by atoms with E-state index < -0.39 is 11.9 Å². The molecule has 3 unspecified atom stereocenters. The molecule has 1 fully saturated rings. The lowest BCUT2D eigenvalue weighted by atomic mass is 9.92. The van der Waals surface area contributed by atoms with Gasteiger partial charge in [0.1, 0.15) is 18.0 Å². The van der Waals surface area contributed by atoms with Crippen LogP contribution in [0, 0.1) is 0 Å². The molecular formula is C13H16O4. The highest BCUT2D eigenvalue weighted by atomic mass is 16.7. The summed E-state index contributed by atoms with van der Waals surface area (Å²) in [7, 11) is 3.22. The second-order valence-electron chi connectivity index (χ2n) is 4.60. The summed E-state index contributed by atoms with van der Waals surface area (Å²) < 4.78 is 22.4. The summed E-state index contributed by atoms with van der Waals surface area (Å²) in [6.07, 6.45) is -0.328. The molecule has 0 N–H and O–H groups in total. The van der Waals surface area contributed by atoms with E-state index in [0.717, 1.165) is 11.3 Å². The van der Waals surface area contributed by atoms with Crippen LogP contribution in [0.15, 0.2) is 24.3 Å². The van der Waals surface area contributed by atoms with Crippen LogP contribution in [0.2, 0.25) is 0 Å². The van der Waals surface area contributed by atoms with E-state index in [-0.39, 0.29) is 12.2 Å². The van der Waals surface area contributed by atoms with E-state index in [1.807, 2.05) is 31.2 Å². The van der Waals surface area contributed by atoms with Crippen LogP contribution in [0.25, 0.3) is 0 Å². The number of rotatable bonds is 3. The Labute approximate surface area is 100 Å². The lowest BCUT2D eigenvalue weighted by molar-refractivity contribution is -0.205. The second-order valence-corrected chi connectivity index (χ2v) is 4.60. The first-order valence-corrected chi connectivity index (χ1v) is 5.69. The fourth-order valence-electron chi connectivity index (χ4n) is 2.63. The van der Waals surface area contributed by atoms with Gasteiger partial charge in [-0.25, -0.2) is 0 Å². The van der Waals surface area contributed by atoms with Crippen molar-refractivity contribution >= 4 is 0 Å². The molecule has 4 heteroatoms. The zero-order chi connectivity index (χ0) is 12.0. The predicted octanol–water partition coefficient (Wildman–Crippen LogP) is 1.90. The minimum Gasteiger partial charge on any atom is -0.479 e. The van der Waals surface area contributed by atoms with Crippen molar-refractivity contribution in [1.82, 2.24) is 0 Å². The van der Waals surface area contributed by atoms with Gasteiger partial charge in [0.25, 0.3) is 0 Å². The van der Waals surface area contributed by atoms with Crippen molar-refractivity contribution in [3.05, 3.63) is 29.8 Å². The topological polar surface area (TPSA) is 40.2 Å². The number of hydrogen-bond donors (Lipinski definition) is 0. The van der Waals surface area contributed by atoms with Crippen LogP contribution in [0.3, 0.4) is 0 Å². The summed E-state index contributed by atoms with van der Waals surface area (Å²) in [4.78, 5) is 0. The van der Waals surface area contributed by atoms with Gasteiger partial charge >= 0.3 is 0 Å². The number of epoxide rings is 1. The molecule has 2 aliphatic heterocycles. The van der Waals surface area contributed by atoms with Crippen molar-refractivity contribution in [3.8, 4) is 5.75 Å². The number of fused-ring (bicyclic) bond motifs is 3. The van der Waals surface area contributed by atoms with Crippen LogP contribution in [-0.4, -0.2) is 32.2 Å². The van der Waals surface area contributed by atoms with E-state index in [1.54, 1.807) is 14.2 Å². The quantitative estimate of drug-likeness (QED) is 0.593. The van der Waals surface area contributed by atoms with Crippen LogP contribution < -0.4 is 4.74 Å². The summed E-state index contributed by atoms with van der Waals surface area (Å²) in [5, 5.41) is 0. The molecule has 0 bridgehead atoms. The summed E-state index contributed by atoms with van der Waals surface area (Å²) in [6, 6.07) is 7.94.